The number of aromatic nitrogens is 1. The van der Waals surface area contributed by atoms with Crippen LogP contribution in [0, 0.1) is 5.92 Å². The summed E-state index contributed by atoms with van der Waals surface area (Å²) in [4.78, 5) is 18.4. The van der Waals surface area contributed by atoms with Crippen LogP contribution >= 0.6 is 12.6 Å². The van der Waals surface area contributed by atoms with Crippen LogP contribution < -0.4 is 0 Å². The molecule has 2 aromatic rings. The standard InChI is InChI=1S/C15H16N2OS/c18-15-7-11(10-19)8-17(15)9-13-6-5-12-3-1-2-4-14(12)16-13/h1-6,11,19H,7-10H2. The molecule has 1 aromatic heterocycles. The van der Waals surface area contributed by atoms with Crippen LogP contribution in [0.1, 0.15) is 12.1 Å². The van der Waals surface area contributed by atoms with Crippen molar-refractivity contribution in [2.24, 2.45) is 5.92 Å². The van der Waals surface area contributed by atoms with Gasteiger partial charge in [-0.05, 0) is 23.8 Å². The van der Waals surface area contributed by atoms with Crippen LogP contribution in [0.25, 0.3) is 10.9 Å². The minimum absolute atomic E-state index is 0.217. The molecule has 98 valence electrons. The van der Waals surface area contributed by atoms with Gasteiger partial charge in [0, 0.05) is 18.4 Å². The molecule has 0 saturated carbocycles. The molecule has 1 atom stereocenters. The lowest BCUT2D eigenvalue weighted by molar-refractivity contribution is -0.128. The second-order valence-electron chi connectivity index (χ2n) is 5.02. The van der Waals surface area contributed by atoms with Crippen molar-refractivity contribution in [3.05, 3.63) is 42.1 Å². The number of pyridine rings is 1. The molecule has 4 heteroatoms. The summed E-state index contributed by atoms with van der Waals surface area (Å²) in [5, 5.41) is 1.13. The number of fused-ring (bicyclic) bond motifs is 1. The van der Waals surface area contributed by atoms with Crippen LogP contribution in [0.15, 0.2) is 36.4 Å². The second kappa shape index (κ2) is 5.21. The molecule has 1 amide bonds. The van der Waals surface area contributed by atoms with Gasteiger partial charge in [-0.15, -0.1) is 0 Å². The number of rotatable bonds is 3. The zero-order chi connectivity index (χ0) is 13.2. The van der Waals surface area contributed by atoms with E-state index in [0.717, 1.165) is 28.9 Å². The zero-order valence-electron chi connectivity index (χ0n) is 10.6. The van der Waals surface area contributed by atoms with E-state index in [9.17, 15) is 4.79 Å². The van der Waals surface area contributed by atoms with E-state index < -0.39 is 0 Å². The molecule has 0 spiro atoms. The molecule has 1 aliphatic heterocycles. The maximum absolute atomic E-state index is 11.9. The van der Waals surface area contributed by atoms with Crippen molar-refractivity contribution in [1.82, 2.24) is 9.88 Å². The Labute approximate surface area is 118 Å². The molecule has 1 aliphatic rings. The molecular weight excluding hydrogens is 256 g/mol. The molecule has 1 aromatic carbocycles. The van der Waals surface area contributed by atoms with Crippen molar-refractivity contribution in [2.75, 3.05) is 12.3 Å². The Hall–Kier alpha value is -1.55. The Morgan fingerprint density at radius 1 is 1.26 bits per heavy atom. The van der Waals surface area contributed by atoms with Crippen molar-refractivity contribution in [1.29, 1.82) is 0 Å². The highest BCUT2D eigenvalue weighted by molar-refractivity contribution is 7.80. The van der Waals surface area contributed by atoms with Gasteiger partial charge in [-0.3, -0.25) is 9.78 Å². The van der Waals surface area contributed by atoms with Crippen molar-refractivity contribution in [2.45, 2.75) is 13.0 Å². The Kier molecular flexibility index (Phi) is 3.42. The van der Waals surface area contributed by atoms with E-state index in [1.165, 1.54) is 0 Å². The normalized spacial score (nSPS) is 19.3. The van der Waals surface area contributed by atoms with Crippen molar-refractivity contribution < 1.29 is 4.79 Å². The summed E-state index contributed by atoms with van der Waals surface area (Å²) in [5.41, 5.74) is 1.93. The van der Waals surface area contributed by atoms with Gasteiger partial charge in [0.2, 0.25) is 5.91 Å². The van der Waals surface area contributed by atoms with Crippen LogP contribution in [0.5, 0.6) is 0 Å². The quantitative estimate of drug-likeness (QED) is 0.871. The van der Waals surface area contributed by atoms with Gasteiger partial charge in [0.25, 0.3) is 0 Å². The van der Waals surface area contributed by atoms with Crippen LogP contribution in [0.2, 0.25) is 0 Å². The van der Waals surface area contributed by atoms with Crippen molar-refractivity contribution >= 4 is 29.4 Å². The van der Waals surface area contributed by atoms with Crippen LogP contribution in [-0.2, 0) is 11.3 Å². The molecule has 0 bridgehead atoms. The third-order valence-corrected chi connectivity index (χ3v) is 4.08. The van der Waals surface area contributed by atoms with Gasteiger partial charge in [0.15, 0.2) is 0 Å². The van der Waals surface area contributed by atoms with Gasteiger partial charge in [-0.25, -0.2) is 0 Å². The van der Waals surface area contributed by atoms with Crippen LogP contribution in [0.3, 0.4) is 0 Å². The fourth-order valence-electron chi connectivity index (χ4n) is 2.52. The number of thiol groups is 1. The Balaban J connectivity index is 1.80. The first-order valence-corrected chi connectivity index (χ1v) is 7.13. The van der Waals surface area contributed by atoms with Gasteiger partial charge in [0.05, 0.1) is 17.8 Å². The second-order valence-corrected chi connectivity index (χ2v) is 5.39. The van der Waals surface area contributed by atoms with E-state index in [4.69, 9.17) is 0 Å². The predicted octanol–water partition coefficient (Wildman–Crippen LogP) is 2.51. The van der Waals surface area contributed by atoms with Crippen LogP contribution in [0.4, 0.5) is 0 Å². The van der Waals surface area contributed by atoms with Crippen molar-refractivity contribution in [3.63, 3.8) is 0 Å². The molecule has 3 rings (SSSR count). The average molecular weight is 272 g/mol. The summed E-state index contributed by atoms with van der Waals surface area (Å²) < 4.78 is 0. The third-order valence-electron chi connectivity index (χ3n) is 3.56. The zero-order valence-corrected chi connectivity index (χ0v) is 11.5. The summed E-state index contributed by atoms with van der Waals surface area (Å²) in [6, 6.07) is 12.1. The van der Waals surface area contributed by atoms with Gasteiger partial charge in [0.1, 0.15) is 0 Å². The average Bonchev–Trinajstić information content (AvgIpc) is 2.79. The number of carbonyl (C=O) groups is 1. The number of benzene rings is 1. The maximum atomic E-state index is 11.9. The summed E-state index contributed by atoms with van der Waals surface area (Å²) >= 11 is 4.28. The summed E-state index contributed by atoms with van der Waals surface area (Å²) in [6.45, 7) is 1.41. The largest absolute Gasteiger partial charge is 0.336 e. The van der Waals surface area contributed by atoms with Crippen molar-refractivity contribution in [3.8, 4) is 0 Å². The maximum Gasteiger partial charge on any atom is 0.223 e. The first-order chi connectivity index (χ1) is 9.26. The topological polar surface area (TPSA) is 33.2 Å². The Morgan fingerprint density at radius 3 is 2.89 bits per heavy atom. The predicted molar refractivity (Wildman–Crippen MR) is 79.1 cm³/mol. The summed E-state index contributed by atoms with van der Waals surface area (Å²) in [7, 11) is 0. The van der Waals surface area contributed by atoms with E-state index >= 15 is 0 Å². The number of carbonyl (C=O) groups excluding carboxylic acids is 1. The molecule has 3 nitrogen and oxygen atoms in total. The van der Waals surface area contributed by atoms with E-state index in [-0.39, 0.29) is 5.91 Å². The fourth-order valence-corrected chi connectivity index (χ4v) is 2.77. The monoisotopic (exact) mass is 272 g/mol. The molecule has 1 unspecified atom stereocenters. The van der Waals surface area contributed by atoms with E-state index in [2.05, 4.69) is 23.7 Å². The van der Waals surface area contributed by atoms with E-state index in [1.54, 1.807) is 0 Å². The molecule has 0 N–H and O–H groups in total. The minimum Gasteiger partial charge on any atom is -0.336 e. The van der Waals surface area contributed by atoms with E-state index in [0.29, 0.717) is 18.9 Å². The minimum atomic E-state index is 0.217. The number of hydrogen-bond donors (Lipinski definition) is 1. The van der Waals surface area contributed by atoms with Gasteiger partial charge in [-0.1, -0.05) is 24.3 Å². The van der Waals surface area contributed by atoms with E-state index in [1.807, 2.05) is 35.2 Å². The number of amides is 1. The first-order valence-electron chi connectivity index (χ1n) is 6.49. The number of para-hydroxylation sites is 1. The van der Waals surface area contributed by atoms with Gasteiger partial charge >= 0.3 is 0 Å². The lowest BCUT2D eigenvalue weighted by Gasteiger charge is -2.16. The van der Waals surface area contributed by atoms with Gasteiger partial charge in [-0.2, -0.15) is 12.6 Å². The molecule has 0 aliphatic carbocycles. The number of nitrogens with zero attached hydrogens (tertiary/aromatic N) is 2. The smallest absolute Gasteiger partial charge is 0.223 e. The number of hydrogen-bond acceptors (Lipinski definition) is 3. The third kappa shape index (κ3) is 2.59. The SMILES string of the molecule is O=C1CC(CS)CN1Cc1ccc2ccccc2n1. The lowest BCUT2D eigenvalue weighted by atomic mass is 10.1. The summed E-state index contributed by atoms with van der Waals surface area (Å²) in [6.07, 6.45) is 0.622. The van der Waals surface area contributed by atoms with Crippen LogP contribution in [-0.4, -0.2) is 28.1 Å². The molecule has 1 fully saturated rings. The highest BCUT2D eigenvalue weighted by Crippen LogP contribution is 2.21. The lowest BCUT2D eigenvalue weighted by Crippen LogP contribution is -2.25. The highest BCUT2D eigenvalue weighted by atomic mass is 32.1. The molecule has 19 heavy (non-hydrogen) atoms. The Bertz CT molecular complexity index is 614. The first kappa shape index (κ1) is 12.5. The molecule has 2 heterocycles. The summed E-state index contributed by atoms with van der Waals surface area (Å²) in [5.74, 6) is 1.37. The number of likely N-dealkylation sites (tertiary alicyclic amines) is 1. The van der Waals surface area contributed by atoms with Gasteiger partial charge < -0.3 is 4.90 Å². The Morgan fingerprint density at radius 2 is 2.11 bits per heavy atom. The highest BCUT2D eigenvalue weighted by Gasteiger charge is 2.28. The fraction of sp³-hybridized carbons (Fsp3) is 0.333. The molecule has 0 radical (unpaired) electrons. The molecule has 1 saturated heterocycles. The molecular formula is C15H16N2OS.